The molecular formula is C23H29ClN2O4. The summed E-state index contributed by atoms with van der Waals surface area (Å²) in [7, 11) is 0. The number of amides is 2. The molecule has 0 aromatic heterocycles. The molecule has 162 valence electrons. The Labute approximate surface area is 182 Å². The zero-order chi connectivity index (χ0) is 21.7. The van der Waals surface area contributed by atoms with Gasteiger partial charge in [-0.25, -0.2) is 0 Å². The molecule has 5 rings (SSSR count). The molecule has 2 amide bonds. The second kappa shape index (κ2) is 7.56. The second-order valence-corrected chi connectivity index (χ2v) is 10.2. The molecule has 0 radical (unpaired) electrons. The van der Waals surface area contributed by atoms with Crippen LogP contribution in [0.2, 0.25) is 5.02 Å². The van der Waals surface area contributed by atoms with Crippen molar-refractivity contribution in [3.8, 4) is 0 Å². The van der Waals surface area contributed by atoms with Crippen molar-refractivity contribution in [1.29, 1.82) is 0 Å². The van der Waals surface area contributed by atoms with Crippen molar-refractivity contribution < 1.29 is 19.1 Å². The van der Waals surface area contributed by atoms with E-state index in [1.807, 2.05) is 19.9 Å². The molecule has 0 spiro atoms. The standard InChI is InChI=1S/C23H29ClN2O4/c1-13-4-14(2)20(18(24)5-13)25-19(28)11-30-21(29)22-7-16-6-17(8-22)10-23(9-16,12-22)26-15(3)27/h4-5,16-17H,6-12H2,1-3H3,(H,25,28)(H,26,27). The summed E-state index contributed by atoms with van der Waals surface area (Å²) in [6.07, 6.45) is 5.16. The molecule has 4 fully saturated rings. The van der Waals surface area contributed by atoms with Crippen molar-refractivity contribution in [3.63, 3.8) is 0 Å². The van der Waals surface area contributed by atoms with Crippen LogP contribution in [0.4, 0.5) is 5.69 Å². The fourth-order valence-electron chi connectivity index (χ4n) is 6.55. The first-order valence-electron chi connectivity index (χ1n) is 10.6. The third kappa shape index (κ3) is 3.94. The minimum atomic E-state index is -0.593. The topological polar surface area (TPSA) is 84.5 Å². The average molecular weight is 433 g/mol. The van der Waals surface area contributed by atoms with Crippen LogP contribution in [0.5, 0.6) is 0 Å². The minimum absolute atomic E-state index is 0.0507. The van der Waals surface area contributed by atoms with Crippen LogP contribution in [0.1, 0.15) is 56.6 Å². The molecule has 4 aliphatic rings. The summed E-state index contributed by atoms with van der Waals surface area (Å²) < 4.78 is 5.51. The van der Waals surface area contributed by atoms with Crippen LogP contribution < -0.4 is 10.6 Å². The monoisotopic (exact) mass is 432 g/mol. The van der Waals surface area contributed by atoms with Gasteiger partial charge in [-0.15, -0.1) is 0 Å². The molecule has 4 aliphatic carbocycles. The highest BCUT2D eigenvalue weighted by Crippen LogP contribution is 2.62. The van der Waals surface area contributed by atoms with E-state index in [1.165, 1.54) is 6.92 Å². The van der Waals surface area contributed by atoms with Crippen molar-refractivity contribution >= 4 is 35.1 Å². The maximum absolute atomic E-state index is 13.1. The zero-order valence-electron chi connectivity index (χ0n) is 17.8. The number of carbonyl (C=O) groups excluding carboxylic acids is 3. The van der Waals surface area contributed by atoms with Crippen molar-refractivity contribution in [3.05, 3.63) is 28.3 Å². The average Bonchev–Trinajstić information content (AvgIpc) is 2.60. The molecule has 0 saturated heterocycles. The molecule has 2 N–H and O–H groups in total. The number of anilines is 1. The minimum Gasteiger partial charge on any atom is -0.455 e. The fraction of sp³-hybridized carbons (Fsp3) is 0.609. The van der Waals surface area contributed by atoms with Crippen molar-refractivity contribution in [2.45, 2.75) is 64.8 Å². The van der Waals surface area contributed by atoms with E-state index in [1.54, 1.807) is 6.07 Å². The number of carbonyl (C=O) groups is 3. The quantitative estimate of drug-likeness (QED) is 0.691. The number of benzene rings is 1. The third-order valence-corrected chi connectivity index (χ3v) is 7.26. The third-order valence-electron chi connectivity index (χ3n) is 6.97. The van der Waals surface area contributed by atoms with Gasteiger partial charge in [0.15, 0.2) is 6.61 Å². The van der Waals surface area contributed by atoms with Crippen LogP contribution >= 0.6 is 11.6 Å². The van der Waals surface area contributed by atoms with Crippen molar-refractivity contribution in [1.82, 2.24) is 5.32 Å². The van der Waals surface area contributed by atoms with E-state index in [9.17, 15) is 14.4 Å². The second-order valence-electron chi connectivity index (χ2n) is 9.77. The maximum Gasteiger partial charge on any atom is 0.312 e. The van der Waals surface area contributed by atoms with Gasteiger partial charge < -0.3 is 15.4 Å². The van der Waals surface area contributed by atoms with E-state index in [-0.39, 0.29) is 24.0 Å². The molecule has 1 aromatic rings. The summed E-state index contributed by atoms with van der Waals surface area (Å²) in [5, 5.41) is 6.37. The molecule has 4 bridgehead atoms. The largest absolute Gasteiger partial charge is 0.455 e. The van der Waals surface area contributed by atoms with E-state index in [0.717, 1.165) is 43.2 Å². The molecule has 0 heterocycles. The van der Waals surface area contributed by atoms with Gasteiger partial charge in [-0.1, -0.05) is 17.7 Å². The van der Waals surface area contributed by atoms with Gasteiger partial charge in [0, 0.05) is 12.5 Å². The lowest BCUT2D eigenvalue weighted by molar-refractivity contribution is -0.176. The Morgan fingerprint density at radius 1 is 1.13 bits per heavy atom. The summed E-state index contributed by atoms with van der Waals surface area (Å²) in [6, 6.07) is 3.72. The summed E-state index contributed by atoms with van der Waals surface area (Å²) in [4.78, 5) is 37.3. The van der Waals surface area contributed by atoms with Gasteiger partial charge in [-0.3, -0.25) is 14.4 Å². The lowest BCUT2D eigenvalue weighted by Crippen LogP contribution is -2.64. The van der Waals surface area contributed by atoms with Crippen molar-refractivity contribution in [2.75, 3.05) is 11.9 Å². The number of rotatable bonds is 5. The lowest BCUT2D eigenvalue weighted by atomic mass is 9.47. The molecule has 2 unspecified atom stereocenters. The molecule has 7 heteroatoms. The van der Waals surface area contributed by atoms with Gasteiger partial charge >= 0.3 is 5.97 Å². The maximum atomic E-state index is 13.1. The van der Waals surface area contributed by atoms with E-state index >= 15 is 0 Å². The molecular weight excluding hydrogens is 404 g/mol. The molecule has 30 heavy (non-hydrogen) atoms. The number of nitrogens with one attached hydrogen (secondary N) is 2. The fourth-order valence-corrected chi connectivity index (χ4v) is 6.92. The van der Waals surface area contributed by atoms with Crippen LogP contribution in [0.25, 0.3) is 0 Å². The molecule has 2 atom stereocenters. The van der Waals surface area contributed by atoms with Gasteiger partial charge in [0.25, 0.3) is 5.91 Å². The van der Waals surface area contributed by atoms with Crippen LogP contribution in [0, 0.1) is 31.1 Å². The van der Waals surface area contributed by atoms with Gasteiger partial charge in [0.2, 0.25) is 5.91 Å². The van der Waals surface area contributed by atoms with E-state index in [2.05, 4.69) is 10.6 Å². The Bertz CT molecular complexity index is 875. The molecule has 0 aliphatic heterocycles. The normalized spacial score (nSPS) is 31.3. The highest BCUT2D eigenvalue weighted by atomic mass is 35.5. The molecule has 4 saturated carbocycles. The smallest absolute Gasteiger partial charge is 0.312 e. The summed E-state index contributed by atoms with van der Waals surface area (Å²) >= 11 is 6.25. The van der Waals surface area contributed by atoms with Crippen LogP contribution in [-0.2, 0) is 19.1 Å². The summed E-state index contributed by atoms with van der Waals surface area (Å²) in [6.45, 7) is 5.00. The number of esters is 1. The van der Waals surface area contributed by atoms with E-state index in [4.69, 9.17) is 16.3 Å². The highest BCUT2D eigenvalue weighted by Gasteiger charge is 2.61. The zero-order valence-corrected chi connectivity index (χ0v) is 18.5. The Morgan fingerprint density at radius 3 is 2.40 bits per heavy atom. The first-order chi connectivity index (χ1) is 14.1. The Kier molecular flexibility index (Phi) is 5.33. The summed E-state index contributed by atoms with van der Waals surface area (Å²) in [5.41, 5.74) is 1.52. The molecule has 1 aromatic carbocycles. The van der Waals surface area contributed by atoms with E-state index in [0.29, 0.717) is 29.0 Å². The number of ether oxygens (including phenoxy) is 1. The number of aryl methyl sites for hydroxylation is 2. The van der Waals surface area contributed by atoms with Gasteiger partial charge in [-0.05, 0) is 81.4 Å². The van der Waals surface area contributed by atoms with Gasteiger partial charge in [0.1, 0.15) is 0 Å². The molecule has 6 nitrogen and oxygen atoms in total. The Balaban J connectivity index is 1.42. The van der Waals surface area contributed by atoms with Crippen LogP contribution in [0.3, 0.4) is 0 Å². The first kappa shape index (κ1) is 21.2. The number of hydrogen-bond donors (Lipinski definition) is 2. The van der Waals surface area contributed by atoms with E-state index < -0.39 is 11.3 Å². The van der Waals surface area contributed by atoms with Crippen LogP contribution in [-0.4, -0.2) is 29.9 Å². The number of hydrogen-bond acceptors (Lipinski definition) is 4. The highest BCUT2D eigenvalue weighted by molar-refractivity contribution is 6.34. The van der Waals surface area contributed by atoms with Gasteiger partial charge in [-0.2, -0.15) is 0 Å². The Morgan fingerprint density at radius 2 is 1.80 bits per heavy atom. The Hall–Kier alpha value is -2.08. The lowest BCUT2D eigenvalue weighted by Gasteiger charge is -2.60. The summed E-state index contributed by atoms with van der Waals surface area (Å²) in [5.74, 6) is 0.0823. The van der Waals surface area contributed by atoms with Crippen LogP contribution in [0.15, 0.2) is 12.1 Å². The first-order valence-corrected chi connectivity index (χ1v) is 11.0. The predicted octanol–water partition coefficient (Wildman–Crippen LogP) is 3.91. The number of halogens is 1. The van der Waals surface area contributed by atoms with Crippen molar-refractivity contribution in [2.24, 2.45) is 17.3 Å². The predicted molar refractivity (Wildman–Crippen MR) is 114 cm³/mol. The SMILES string of the molecule is CC(=O)NC12CC3CC(C1)CC(C(=O)OCC(=O)Nc1c(C)cc(C)cc1Cl)(C3)C2. The van der Waals surface area contributed by atoms with Gasteiger partial charge in [0.05, 0.1) is 16.1 Å².